The summed E-state index contributed by atoms with van der Waals surface area (Å²) in [6.45, 7) is 9.36. The zero-order chi connectivity index (χ0) is 42.4. The van der Waals surface area contributed by atoms with Crippen LogP contribution in [0.15, 0.2) is 24.3 Å². The van der Waals surface area contributed by atoms with Gasteiger partial charge in [-0.2, -0.15) is 0 Å². The van der Waals surface area contributed by atoms with Gasteiger partial charge in [0.2, 0.25) is 5.91 Å². The van der Waals surface area contributed by atoms with E-state index in [4.69, 9.17) is 42.6 Å². The minimum absolute atomic E-state index is 0.00929. The average Bonchev–Trinajstić information content (AvgIpc) is 3.96. The molecule has 16 nitrogen and oxygen atoms in total. The Hall–Kier alpha value is -2.64. The monoisotopic (exact) mass is 846 g/mol. The van der Waals surface area contributed by atoms with Crippen molar-refractivity contribution in [2.45, 2.75) is 176 Å². The van der Waals surface area contributed by atoms with Crippen molar-refractivity contribution < 1.29 is 66.9 Å². The molecular weight excluding hydrogens is 780 g/mol. The SMILES string of the molecule is C=C1C[C@H](CC[C@]23CC[C@H](O2)C2C[C@@H](O3)[C@H]3O[C@@H](CC(=O)C[C@@H]4[C@@H](OC)[C@@H](C[C@H](O)CNC(=O)CCOCCOCCN5C(=O)C=CC5=O)O[C@H]4C)CC[C@@H]3O2)O[C@H]1CC. The van der Waals surface area contributed by atoms with Gasteiger partial charge in [0.25, 0.3) is 11.8 Å². The number of methoxy groups -OCH3 is 1. The summed E-state index contributed by atoms with van der Waals surface area (Å²) in [5.74, 6) is -1.77. The molecule has 7 aliphatic heterocycles. The van der Waals surface area contributed by atoms with Gasteiger partial charge in [0.1, 0.15) is 11.9 Å². The molecule has 6 saturated heterocycles. The predicted octanol–water partition coefficient (Wildman–Crippen LogP) is 2.85. The Kier molecular flexibility index (Phi) is 15.7. The lowest BCUT2D eigenvalue weighted by Crippen LogP contribution is -2.56. The van der Waals surface area contributed by atoms with Crippen molar-refractivity contribution in [3.05, 3.63) is 24.3 Å². The van der Waals surface area contributed by atoms with Gasteiger partial charge in [0.05, 0.1) is 100 Å². The van der Waals surface area contributed by atoms with Crippen molar-refractivity contribution in [2.24, 2.45) is 5.92 Å². The van der Waals surface area contributed by atoms with Crippen LogP contribution in [0.5, 0.6) is 0 Å². The molecule has 60 heavy (non-hydrogen) atoms. The van der Waals surface area contributed by atoms with E-state index in [1.807, 2.05) is 6.92 Å². The third-order valence-corrected chi connectivity index (χ3v) is 13.4. The Balaban J connectivity index is 0.798. The summed E-state index contributed by atoms with van der Waals surface area (Å²) in [5, 5.41) is 13.5. The number of aliphatic hydroxyl groups is 1. The molecule has 3 amide bonds. The number of hydrogen-bond donors (Lipinski definition) is 2. The van der Waals surface area contributed by atoms with Crippen LogP contribution >= 0.6 is 0 Å². The van der Waals surface area contributed by atoms with Crippen molar-refractivity contribution >= 4 is 23.5 Å². The smallest absolute Gasteiger partial charge is 0.253 e. The fraction of sp³-hybridized carbons (Fsp3) is 0.818. The zero-order valence-corrected chi connectivity index (χ0v) is 35.5. The number of ether oxygens (including phenoxy) is 9. The van der Waals surface area contributed by atoms with E-state index < -0.39 is 24.1 Å². The van der Waals surface area contributed by atoms with Gasteiger partial charge in [-0.3, -0.25) is 24.1 Å². The van der Waals surface area contributed by atoms with Crippen molar-refractivity contribution in [1.29, 1.82) is 0 Å². The van der Waals surface area contributed by atoms with E-state index in [-0.39, 0.29) is 150 Å². The van der Waals surface area contributed by atoms with E-state index >= 15 is 0 Å². The first kappa shape index (κ1) is 45.4. The number of ketones is 1. The highest BCUT2D eigenvalue weighted by atomic mass is 16.7. The number of amides is 3. The van der Waals surface area contributed by atoms with Gasteiger partial charge in [-0.1, -0.05) is 13.5 Å². The quantitative estimate of drug-likeness (QED) is 0.0921. The molecule has 14 atom stereocenters. The van der Waals surface area contributed by atoms with E-state index in [1.54, 1.807) is 7.11 Å². The standard InChI is InChI=1S/C44H66N2O14/c1-5-33-26(2)20-31(56-33)10-13-44-14-11-34(59-44)36-24-38(60-44)43-35(58-36)7-6-30(57-43)21-28(47)22-32-27(3)55-37(42(32)52-4)23-29(48)25-45-39(49)12-16-53-18-19-54-17-15-46-40(50)8-9-41(46)51/h8-9,27,29-38,42-43,48H,2,5-7,10-25H2,1,3-4H3,(H,45,49)/t27-,29-,30+,31-,32-,33-,34-,35-,36?,37+,38+,42+,43-,44-/m0/s1. The number of rotatable bonds is 22. The molecule has 0 aliphatic carbocycles. The Morgan fingerprint density at radius 3 is 2.47 bits per heavy atom. The fourth-order valence-electron chi connectivity index (χ4n) is 10.2. The number of hydrogen-bond acceptors (Lipinski definition) is 14. The molecule has 0 aromatic rings. The fourth-order valence-corrected chi connectivity index (χ4v) is 10.2. The van der Waals surface area contributed by atoms with Gasteiger partial charge in [-0.05, 0) is 51.0 Å². The lowest BCUT2D eigenvalue weighted by atomic mass is 9.85. The van der Waals surface area contributed by atoms with Gasteiger partial charge in [0.15, 0.2) is 5.79 Å². The van der Waals surface area contributed by atoms with Crippen LogP contribution in [0.1, 0.15) is 97.3 Å². The average molecular weight is 847 g/mol. The molecule has 2 N–H and O–H groups in total. The lowest BCUT2D eigenvalue weighted by Gasteiger charge is -2.47. The summed E-state index contributed by atoms with van der Waals surface area (Å²) in [4.78, 5) is 50.3. The molecule has 7 aliphatic rings. The van der Waals surface area contributed by atoms with Crippen LogP contribution in [0.25, 0.3) is 0 Å². The normalized spacial score (nSPS) is 37.7. The molecule has 336 valence electrons. The van der Waals surface area contributed by atoms with E-state index in [0.29, 0.717) is 6.42 Å². The number of carbonyl (C=O) groups is 4. The maximum Gasteiger partial charge on any atom is 0.253 e. The number of aliphatic hydroxyl groups excluding tert-OH is 1. The lowest BCUT2D eigenvalue weighted by molar-refractivity contribution is -0.276. The molecular formula is C44H66N2O14. The first-order valence-electron chi connectivity index (χ1n) is 22.3. The number of Topliss-reactive ketones (excluding diaryl/α,β-unsaturated/α-hetero) is 1. The summed E-state index contributed by atoms with van der Waals surface area (Å²) >= 11 is 0. The molecule has 0 aromatic heterocycles. The van der Waals surface area contributed by atoms with Gasteiger partial charge in [-0.25, -0.2) is 0 Å². The molecule has 16 heteroatoms. The first-order valence-corrected chi connectivity index (χ1v) is 22.3. The number of nitrogens with zero attached hydrogens (tertiary/aromatic N) is 1. The second-order valence-electron chi connectivity index (χ2n) is 17.6. The van der Waals surface area contributed by atoms with Crippen LogP contribution in [0.4, 0.5) is 0 Å². The van der Waals surface area contributed by atoms with E-state index in [1.165, 1.54) is 17.7 Å². The van der Waals surface area contributed by atoms with Crippen LogP contribution in [0.3, 0.4) is 0 Å². The summed E-state index contributed by atoms with van der Waals surface area (Å²) in [5.41, 5.74) is 1.17. The molecule has 4 bridgehead atoms. The molecule has 6 fully saturated rings. The van der Waals surface area contributed by atoms with Gasteiger partial charge >= 0.3 is 0 Å². The van der Waals surface area contributed by atoms with Crippen LogP contribution in [-0.2, 0) is 61.8 Å². The number of carbonyl (C=O) groups excluding carboxylic acids is 4. The zero-order valence-electron chi connectivity index (χ0n) is 35.5. The maximum atomic E-state index is 13.7. The van der Waals surface area contributed by atoms with Crippen molar-refractivity contribution in [3.8, 4) is 0 Å². The summed E-state index contributed by atoms with van der Waals surface area (Å²) < 4.78 is 56.1. The highest BCUT2D eigenvalue weighted by Gasteiger charge is 2.56. The van der Waals surface area contributed by atoms with E-state index in [0.717, 1.165) is 56.3 Å². The number of imide groups is 1. The van der Waals surface area contributed by atoms with E-state index in [2.05, 4.69) is 18.8 Å². The number of nitrogens with one attached hydrogen (secondary N) is 1. The molecule has 0 aromatic carbocycles. The first-order chi connectivity index (χ1) is 28.9. The predicted molar refractivity (Wildman–Crippen MR) is 213 cm³/mol. The van der Waals surface area contributed by atoms with Gasteiger partial charge in [0, 0.05) is 76.7 Å². The molecule has 1 unspecified atom stereocenters. The third-order valence-electron chi connectivity index (χ3n) is 13.4. The molecule has 0 radical (unpaired) electrons. The van der Waals surface area contributed by atoms with Crippen LogP contribution in [0, 0.1) is 5.92 Å². The number of fused-ring (bicyclic) bond motifs is 7. The second kappa shape index (κ2) is 20.7. The molecule has 7 rings (SSSR count). The van der Waals surface area contributed by atoms with Crippen molar-refractivity contribution in [3.63, 3.8) is 0 Å². The summed E-state index contributed by atoms with van der Waals surface area (Å²) in [6, 6.07) is 0. The largest absolute Gasteiger partial charge is 0.391 e. The summed E-state index contributed by atoms with van der Waals surface area (Å²) in [6.07, 6.45) is 8.20. The Labute approximate surface area is 353 Å². The van der Waals surface area contributed by atoms with E-state index in [9.17, 15) is 24.3 Å². The Morgan fingerprint density at radius 1 is 0.950 bits per heavy atom. The molecule has 0 saturated carbocycles. The minimum Gasteiger partial charge on any atom is -0.391 e. The van der Waals surface area contributed by atoms with Gasteiger partial charge < -0.3 is 53.1 Å². The van der Waals surface area contributed by atoms with Crippen LogP contribution < -0.4 is 5.32 Å². The van der Waals surface area contributed by atoms with Gasteiger partial charge in [-0.15, -0.1) is 0 Å². The molecule has 0 spiro atoms. The van der Waals surface area contributed by atoms with Crippen LogP contribution in [-0.4, -0.2) is 159 Å². The summed E-state index contributed by atoms with van der Waals surface area (Å²) in [7, 11) is 1.60. The Morgan fingerprint density at radius 2 is 1.72 bits per heavy atom. The topological polar surface area (TPSA) is 187 Å². The highest BCUT2D eigenvalue weighted by molar-refractivity contribution is 6.12. The maximum absolute atomic E-state index is 13.7. The van der Waals surface area contributed by atoms with Crippen molar-refractivity contribution in [1.82, 2.24) is 10.2 Å². The molecule has 7 heterocycles. The van der Waals surface area contributed by atoms with Crippen LogP contribution in [0.2, 0.25) is 0 Å². The minimum atomic E-state index is -0.881. The third kappa shape index (κ3) is 11.1. The highest BCUT2D eigenvalue weighted by Crippen LogP contribution is 2.48. The van der Waals surface area contributed by atoms with Crippen molar-refractivity contribution in [2.75, 3.05) is 46.6 Å². The Bertz CT molecular complexity index is 1540. The second-order valence-corrected chi connectivity index (χ2v) is 17.6.